The van der Waals surface area contributed by atoms with Gasteiger partial charge in [0.15, 0.2) is 0 Å². The molecule has 1 aliphatic rings. The molecular formula is C18H21FN2O2S. The van der Waals surface area contributed by atoms with Crippen LogP contribution >= 0.6 is 0 Å². The number of halogens is 1. The third kappa shape index (κ3) is 3.03. The molecule has 24 heavy (non-hydrogen) atoms. The number of hydrogen-bond acceptors (Lipinski definition) is 3. The van der Waals surface area contributed by atoms with Gasteiger partial charge in [0.1, 0.15) is 5.82 Å². The maximum Gasteiger partial charge on any atom is 0.242 e. The lowest BCUT2D eigenvalue weighted by Crippen LogP contribution is -2.42. The Hall–Kier alpha value is -1.92. The van der Waals surface area contributed by atoms with Gasteiger partial charge in [0.25, 0.3) is 0 Å². The van der Waals surface area contributed by atoms with E-state index in [0.717, 1.165) is 18.5 Å². The molecule has 0 saturated heterocycles. The maximum absolute atomic E-state index is 14.3. The summed E-state index contributed by atoms with van der Waals surface area (Å²) in [6.07, 6.45) is 1.77. The Morgan fingerprint density at radius 2 is 1.79 bits per heavy atom. The van der Waals surface area contributed by atoms with E-state index in [1.807, 2.05) is 19.2 Å². The van der Waals surface area contributed by atoms with Crippen molar-refractivity contribution in [2.75, 3.05) is 17.9 Å². The molecule has 4 nitrogen and oxygen atoms in total. The SMILES string of the molecule is CNCCC[C@@H]1Cc2ccccc2N(c2ccccc2F)S1(=O)=O. The molecule has 1 atom stereocenters. The quantitative estimate of drug-likeness (QED) is 0.844. The molecule has 0 amide bonds. The molecule has 0 saturated carbocycles. The van der Waals surface area contributed by atoms with Crippen molar-refractivity contribution in [3.63, 3.8) is 0 Å². The fourth-order valence-electron chi connectivity index (χ4n) is 3.16. The second-order valence-electron chi connectivity index (χ2n) is 5.96. The molecule has 2 aromatic rings. The Morgan fingerprint density at radius 1 is 1.12 bits per heavy atom. The summed E-state index contributed by atoms with van der Waals surface area (Å²) < 4.78 is 41.8. The minimum atomic E-state index is -3.67. The Morgan fingerprint density at radius 3 is 2.50 bits per heavy atom. The zero-order valence-electron chi connectivity index (χ0n) is 13.6. The minimum absolute atomic E-state index is 0.0864. The van der Waals surface area contributed by atoms with E-state index in [1.54, 1.807) is 24.3 Å². The largest absolute Gasteiger partial charge is 0.320 e. The van der Waals surface area contributed by atoms with E-state index in [0.29, 0.717) is 18.5 Å². The highest BCUT2D eigenvalue weighted by Crippen LogP contribution is 2.40. The van der Waals surface area contributed by atoms with Crippen molar-refractivity contribution in [3.8, 4) is 0 Å². The number of para-hydroxylation sites is 2. The van der Waals surface area contributed by atoms with Gasteiger partial charge in [-0.15, -0.1) is 0 Å². The first-order valence-electron chi connectivity index (χ1n) is 8.07. The van der Waals surface area contributed by atoms with Crippen LogP contribution in [0, 0.1) is 5.82 Å². The molecule has 6 heteroatoms. The average molecular weight is 348 g/mol. The number of sulfonamides is 1. The van der Waals surface area contributed by atoms with Gasteiger partial charge in [0, 0.05) is 0 Å². The van der Waals surface area contributed by atoms with Gasteiger partial charge in [-0.05, 0) is 56.6 Å². The lowest BCUT2D eigenvalue weighted by molar-refractivity contribution is 0.552. The average Bonchev–Trinajstić information content (AvgIpc) is 2.56. The molecule has 0 fully saturated rings. The number of benzene rings is 2. The molecule has 0 aliphatic carbocycles. The van der Waals surface area contributed by atoms with E-state index in [-0.39, 0.29) is 5.69 Å². The van der Waals surface area contributed by atoms with Crippen molar-refractivity contribution in [3.05, 3.63) is 59.9 Å². The van der Waals surface area contributed by atoms with Gasteiger partial charge in [0.2, 0.25) is 10.0 Å². The molecule has 0 bridgehead atoms. The van der Waals surface area contributed by atoms with Gasteiger partial charge in [-0.1, -0.05) is 30.3 Å². The predicted octanol–water partition coefficient (Wildman–Crippen LogP) is 3.22. The van der Waals surface area contributed by atoms with Crippen LogP contribution in [-0.4, -0.2) is 27.3 Å². The molecule has 1 N–H and O–H groups in total. The highest BCUT2D eigenvalue weighted by molar-refractivity contribution is 7.93. The summed E-state index contributed by atoms with van der Waals surface area (Å²) in [4.78, 5) is 0. The Bertz CT molecular complexity index is 823. The monoisotopic (exact) mass is 348 g/mol. The maximum atomic E-state index is 14.3. The van der Waals surface area contributed by atoms with Gasteiger partial charge in [-0.2, -0.15) is 0 Å². The molecule has 0 unspecified atom stereocenters. The summed E-state index contributed by atoms with van der Waals surface area (Å²) in [5, 5.41) is 2.50. The van der Waals surface area contributed by atoms with Crippen molar-refractivity contribution < 1.29 is 12.8 Å². The number of nitrogens with zero attached hydrogens (tertiary/aromatic N) is 1. The minimum Gasteiger partial charge on any atom is -0.320 e. The summed E-state index contributed by atoms with van der Waals surface area (Å²) in [5.41, 5.74) is 1.57. The highest BCUT2D eigenvalue weighted by atomic mass is 32.2. The number of rotatable bonds is 5. The zero-order valence-corrected chi connectivity index (χ0v) is 14.4. The third-order valence-corrected chi connectivity index (χ3v) is 6.51. The first-order chi connectivity index (χ1) is 11.6. The lowest BCUT2D eigenvalue weighted by atomic mass is 10.0. The fourth-order valence-corrected chi connectivity index (χ4v) is 5.19. The van der Waals surface area contributed by atoms with E-state index in [9.17, 15) is 12.8 Å². The fraction of sp³-hybridized carbons (Fsp3) is 0.333. The Balaban J connectivity index is 2.09. The first kappa shape index (κ1) is 16.9. The highest BCUT2D eigenvalue weighted by Gasteiger charge is 2.39. The van der Waals surface area contributed by atoms with E-state index >= 15 is 0 Å². The van der Waals surface area contributed by atoms with Crippen LogP contribution in [0.1, 0.15) is 18.4 Å². The number of fused-ring (bicyclic) bond motifs is 1. The zero-order chi connectivity index (χ0) is 17.2. The van der Waals surface area contributed by atoms with Crippen molar-refractivity contribution in [1.82, 2.24) is 5.32 Å². The van der Waals surface area contributed by atoms with Crippen molar-refractivity contribution in [1.29, 1.82) is 0 Å². The molecule has 2 aromatic carbocycles. The van der Waals surface area contributed by atoms with Gasteiger partial charge in [-0.3, -0.25) is 0 Å². The van der Waals surface area contributed by atoms with E-state index in [2.05, 4.69) is 5.32 Å². The summed E-state index contributed by atoms with van der Waals surface area (Å²) in [5.74, 6) is -0.535. The van der Waals surface area contributed by atoms with Crippen LogP contribution in [0.2, 0.25) is 0 Å². The second kappa shape index (κ2) is 6.91. The standard InChI is InChI=1S/C18H21FN2O2S/c1-20-12-6-8-15-13-14-7-2-4-10-17(14)21(24(15,22)23)18-11-5-3-9-16(18)19/h2-5,7,9-11,15,20H,6,8,12-13H2,1H3/t15-/m1/s1. The van der Waals surface area contributed by atoms with Crippen molar-refractivity contribution >= 4 is 21.4 Å². The van der Waals surface area contributed by atoms with Crippen LogP contribution < -0.4 is 9.62 Å². The van der Waals surface area contributed by atoms with Gasteiger partial charge < -0.3 is 5.32 Å². The van der Waals surface area contributed by atoms with Crippen LogP contribution in [0.15, 0.2) is 48.5 Å². The third-order valence-electron chi connectivity index (χ3n) is 4.36. The second-order valence-corrected chi connectivity index (χ2v) is 8.02. The summed E-state index contributed by atoms with van der Waals surface area (Å²) in [6, 6.07) is 13.3. The molecule has 0 radical (unpaired) electrons. The lowest BCUT2D eigenvalue weighted by Gasteiger charge is -2.35. The van der Waals surface area contributed by atoms with Crippen LogP contribution in [0.25, 0.3) is 0 Å². The molecule has 0 spiro atoms. The molecular weight excluding hydrogens is 327 g/mol. The van der Waals surface area contributed by atoms with Crippen LogP contribution in [0.4, 0.5) is 15.8 Å². The predicted molar refractivity (Wildman–Crippen MR) is 94.6 cm³/mol. The summed E-state index contributed by atoms with van der Waals surface area (Å²) in [6.45, 7) is 0.757. The first-order valence-corrected chi connectivity index (χ1v) is 9.57. The van der Waals surface area contributed by atoms with E-state index in [4.69, 9.17) is 0 Å². The van der Waals surface area contributed by atoms with Gasteiger partial charge in [-0.25, -0.2) is 17.1 Å². The van der Waals surface area contributed by atoms with E-state index in [1.165, 1.54) is 16.4 Å². The van der Waals surface area contributed by atoms with Crippen molar-refractivity contribution in [2.24, 2.45) is 0 Å². The number of nitrogens with one attached hydrogen (secondary N) is 1. The Labute approximate surface area is 142 Å². The molecule has 3 rings (SSSR count). The molecule has 128 valence electrons. The van der Waals surface area contributed by atoms with E-state index < -0.39 is 21.1 Å². The topological polar surface area (TPSA) is 49.4 Å². The molecule has 0 aromatic heterocycles. The normalized spacial score (nSPS) is 19.1. The van der Waals surface area contributed by atoms with Crippen LogP contribution in [0.3, 0.4) is 0 Å². The number of hydrogen-bond donors (Lipinski definition) is 1. The van der Waals surface area contributed by atoms with Gasteiger partial charge >= 0.3 is 0 Å². The molecule has 1 heterocycles. The summed E-state index contributed by atoms with van der Waals surface area (Å²) >= 11 is 0. The number of anilines is 2. The van der Waals surface area contributed by atoms with Crippen molar-refractivity contribution in [2.45, 2.75) is 24.5 Å². The van der Waals surface area contributed by atoms with Gasteiger partial charge in [0.05, 0.1) is 16.6 Å². The summed E-state index contributed by atoms with van der Waals surface area (Å²) in [7, 11) is -1.82. The smallest absolute Gasteiger partial charge is 0.242 e. The Kier molecular flexibility index (Phi) is 4.87. The van der Waals surface area contributed by atoms with Crippen LogP contribution in [-0.2, 0) is 16.4 Å². The van der Waals surface area contributed by atoms with Crippen LogP contribution in [0.5, 0.6) is 0 Å². The molecule has 1 aliphatic heterocycles.